The van der Waals surface area contributed by atoms with Crippen LogP contribution in [0, 0.1) is 23.7 Å². The van der Waals surface area contributed by atoms with Crippen molar-refractivity contribution in [3.8, 4) is 0 Å². The second-order valence-corrected chi connectivity index (χ2v) is 5.71. The van der Waals surface area contributed by atoms with E-state index in [0.717, 1.165) is 23.7 Å². The summed E-state index contributed by atoms with van der Waals surface area (Å²) < 4.78 is 0. The summed E-state index contributed by atoms with van der Waals surface area (Å²) in [6.45, 7) is 4.56. The van der Waals surface area contributed by atoms with Crippen LogP contribution in [0.1, 0.15) is 52.4 Å². The van der Waals surface area contributed by atoms with Crippen LogP contribution in [-0.2, 0) is 0 Å². The molecular weight excluding hydrogens is 170 g/mol. The fraction of sp³-hybridized carbons (Fsp3) is 1.00. The van der Waals surface area contributed by atoms with Crippen molar-refractivity contribution in [2.75, 3.05) is 0 Å². The zero-order valence-electron chi connectivity index (χ0n) is 9.71. The molecule has 2 N–H and O–H groups in total. The molecule has 0 spiro atoms. The number of fused-ring (bicyclic) bond motifs is 2. The van der Waals surface area contributed by atoms with Crippen LogP contribution in [0.5, 0.6) is 0 Å². The topological polar surface area (TPSA) is 26.0 Å². The maximum Gasteiger partial charge on any atom is 0.00414 e. The van der Waals surface area contributed by atoms with E-state index in [1.54, 1.807) is 0 Å². The third kappa shape index (κ3) is 1.98. The third-order valence-corrected chi connectivity index (χ3v) is 4.71. The van der Waals surface area contributed by atoms with Gasteiger partial charge in [0.1, 0.15) is 0 Å². The quantitative estimate of drug-likeness (QED) is 0.719. The van der Waals surface area contributed by atoms with E-state index in [2.05, 4.69) is 13.8 Å². The SMILES string of the molecule is CCC1CC2CCC(C(C)N)C(C1)C2. The smallest absolute Gasteiger partial charge is 0.00414 e. The number of rotatable bonds is 2. The van der Waals surface area contributed by atoms with Gasteiger partial charge in [-0.25, -0.2) is 0 Å². The van der Waals surface area contributed by atoms with Crippen molar-refractivity contribution in [1.82, 2.24) is 0 Å². The summed E-state index contributed by atoms with van der Waals surface area (Å²) in [5.41, 5.74) is 6.09. The van der Waals surface area contributed by atoms with E-state index in [9.17, 15) is 0 Å². The van der Waals surface area contributed by atoms with Crippen molar-refractivity contribution in [1.29, 1.82) is 0 Å². The monoisotopic (exact) mass is 195 g/mol. The highest BCUT2D eigenvalue weighted by Gasteiger charge is 2.37. The normalized spacial score (nSPS) is 44.8. The van der Waals surface area contributed by atoms with Gasteiger partial charge >= 0.3 is 0 Å². The van der Waals surface area contributed by atoms with Crippen molar-refractivity contribution in [3.63, 3.8) is 0 Å². The van der Waals surface area contributed by atoms with Gasteiger partial charge in [0.25, 0.3) is 0 Å². The lowest BCUT2D eigenvalue weighted by atomic mass is 9.62. The minimum Gasteiger partial charge on any atom is -0.328 e. The Morgan fingerprint density at radius 3 is 2.64 bits per heavy atom. The lowest BCUT2D eigenvalue weighted by Crippen LogP contribution is -2.40. The second kappa shape index (κ2) is 4.22. The number of hydrogen-bond donors (Lipinski definition) is 1. The summed E-state index contributed by atoms with van der Waals surface area (Å²) >= 11 is 0. The molecule has 0 saturated heterocycles. The van der Waals surface area contributed by atoms with Crippen molar-refractivity contribution in [2.45, 2.75) is 58.4 Å². The van der Waals surface area contributed by atoms with Crippen LogP contribution in [0.2, 0.25) is 0 Å². The molecule has 2 bridgehead atoms. The average molecular weight is 195 g/mol. The summed E-state index contributed by atoms with van der Waals surface area (Å²) in [6.07, 6.45) is 8.72. The molecule has 5 unspecified atom stereocenters. The second-order valence-electron chi connectivity index (χ2n) is 5.71. The van der Waals surface area contributed by atoms with Crippen LogP contribution in [0.4, 0.5) is 0 Å². The summed E-state index contributed by atoms with van der Waals surface area (Å²) in [7, 11) is 0. The van der Waals surface area contributed by atoms with Gasteiger partial charge in [-0.3, -0.25) is 0 Å². The minimum absolute atomic E-state index is 0.427. The van der Waals surface area contributed by atoms with E-state index in [-0.39, 0.29) is 0 Å². The first-order chi connectivity index (χ1) is 6.70. The molecule has 0 heterocycles. The molecule has 5 atom stereocenters. The number of hydrogen-bond acceptors (Lipinski definition) is 1. The summed E-state index contributed by atoms with van der Waals surface area (Å²) in [6, 6.07) is 0.427. The van der Waals surface area contributed by atoms with Crippen LogP contribution < -0.4 is 5.73 Å². The van der Waals surface area contributed by atoms with Gasteiger partial charge in [-0.15, -0.1) is 0 Å². The molecule has 2 saturated carbocycles. The highest BCUT2D eigenvalue weighted by Crippen LogP contribution is 2.46. The van der Waals surface area contributed by atoms with Crippen molar-refractivity contribution < 1.29 is 0 Å². The van der Waals surface area contributed by atoms with E-state index in [0.29, 0.717) is 6.04 Å². The Bertz CT molecular complexity index is 188. The van der Waals surface area contributed by atoms with Crippen molar-refractivity contribution >= 4 is 0 Å². The Balaban J connectivity index is 2.00. The first-order valence-corrected chi connectivity index (χ1v) is 6.46. The molecule has 0 aromatic rings. The zero-order chi connectivity index (χ0) is 10.1. The Kier molecular flexibility index (Phi) is 3.16. The van der Waals surface area contributed by atoms with Gasteiger partial charge < -0.3 is 5.73 Å². The fourth-order valence-corrected chi connectivity index (χ4v) is 3.89. The predicted molar refractivity (Wildman–Crippen MR) is 61.0 cm³/mol. The fourth-order valence-electron chi connectivity index (χ4n) is 3.89. The standard InChI is InChI=1S/C13H25N/c1-3-10-6-11-4-5-13(9(2)14)12(7-10)8-11/h9-13H,3-8,14H2,1-2H3. The Morgan fingerprint density at radius 1 is 1.21 bits per heavy atom. The third-order valence-electron chi connectivity index (χ3n) is 4.71. The molecule has 14 heavy (non-hydrogen) atoms. The largest absolute Gasteiger partial charge is 0.328 e. The molecule has 2 rings (SSSR count). The van der Waals surface area contributed by atoms with E-state index < -0.39 is 0 Å². The Hall–Kier alpha value is -0.0400. The predicted octanol–water partition coefficient (Wildman–Crippen LogP) is 3.19. The highest BCUT2D eigenvalue weighted by molar-refractivity contribution is 4.90. The molecule has 0 aliphatic heterocycles. The lowest BCUT2D eigenvalue weighted by Gasteiger charge is -2.45. The van der Waals surface area contributed by atoms with Gasteiger partial charge in [0.05, 0.1) is 0 Å². The molecule has 82 valence electrons. The summed E-state index contributed by atoms with van der Waals surface area (Å²) in [4.78, 5) is 0. The van der Waals surface area contributed by atoms with Crippen LogP contribution in [0.15, 0.2) is 0 Å². The van der Waals surface area contributed by atoms with Gasteiger partial charge in [0.2, 0.25) is 0 Å². The van der Waals surface area contributed by atoms with Gasteiger partial charge in [0, 0.05) is 6.04 Å². The lowest BCUT2D eigenvalue weighted by molar-refractivity contribution is 0.0709. The van der Waals surface area contributed by atoms with Gasteiger partial charge in [-0.2, -0.15) is 0 Å². The van der Waals surface area contributed by atoms with Crippen LogP contribution in [0.3, 0.4) is 0 Å². The molecule has 1 nitrogen and oxygen atoms in total. The molecule has 0 aromatic heterocycles. The van der Waals surface area contributed by atoms with E-state index >= 15 is 0 Å². The summed E-state index contributed by atoms with van der Waals surface area (Å²) in [5, 5.41) is 0. The van der Waals surface area contributed by atoms with Crippen LogP contribution in [0.25, 0.3) is 0 Å². The summed E-state index contributed by atoms with van der Waals surface area (Å²) in [5.74, 6) is 3.86. The zero-order valence-corrected chi connectivity index (χ0v) is 9.71. The molecule has 1 heteroatoms. The molecule has 2 fully saturated rings. The van der Waals surface area contributed by atoms with Crippen molar-refractivity contribution in [3.05, 3.63) is 0 Å². The van der Waals surface area contributed by atoms with Crippen LogP contribution in [-0.4, -0.2) is 6.04 Å². The molecule has 0 aromatic carbocycles. The van der Waals surface area contributed by atoms with Crippen LogP contribution >= 0.6 is 0 Å². The minimum atomic E-state index is 0.427. The Labute approximate surface area is 88.4 Å². The first kappa shape index (κ1) is 10.5. The molecular formula is C13H25N. The van der Waals surface area contributed by atoms with E-state index in [4.69, 9.17) is 5.73 Å². The van der Waals surface area contributed by atoms with Gasteiger partial charge in [-0.1, -0.05) is 19.8 Å². The Morgan fingerprint density at radius 2 is 2.00 bits per heavy atom. The van der Waals surface area contributed by atoms with Gasteiger partial charge in [0.15, 0.2) is 0 Å². The molecule has 0 radical (unpaired) electrons. The highest BCUT2D eigenvalue weighted by atomic mass is 14.6. The van der Waals surface area contributed by atoms with E-state index in [1.807, 2.05) is 0 Å². The molecule has 0 amide bonds. The maximum atomic E-state index is 6.09. The van der Waals surface area contributed by atoms with Crippen molar-refractivity contribution in [2.24, 2.45) is 29.4 Å². The maximum absolute atomic E-state index is 6.09. The first-order valence-electron chi connectivity index (χ1n) is 6.46. The number of nitrogens with two attached hydrogens (primary N) is 1. The molecule has 2 aliphatic rings. The molecule has 2 aliphatic carbocycles. The van der Waals surface area contributed by atoms with Gasteiger partial charge in [-0.05, 0) is 56.3 Å². The van der Waals surface area contributed by atoms with E-state index in [1.165, 1.54) is 38.5 Å². The average Bonchev–Trinajstić information content (AvgIpc) is 2.16.